The molecule has 0 spiro atoms. The Bertz CT molecular complexity index is 483. The maximum Gasteiger partial charge on any atom is 0.257 e. The van der Waals surface area contributed by atoms with Gasteiger partial charge in [0.1, 0.15) is 11.3 Å². The summed E-state index contributed by atoms with van der Waals surface area (Å²) in [7, 11) is 1.55. The van der Waals surface area contributed by atoms with Crippen molar-refractivity contribution in [2.24, 2.45) is 5.41 Å². The van der Waals surface area contributed by atoms with Gasteiger partial charge >= 0.3 is 0 Å². The van der Waals surface area contributed by atoms with Gasteiger partial charge in [-0.3, -0.25) is 4.79 Å². The van der Waals surface area contributed by atoms with Gasteiger partial charge in [0.25, 0.3) is 5.91 Å². The van der Waals surface area contributed by atoms with Crippen molar-refractivity contribution in [3.63, 3.8) is 0 Å². The van der Waals surface area contributed by atoms with Gasteiger partial charge in [-0.25, -0.2) is 0 Å². The van der Waals surface area contributed by atoms with Crippen LogP contribution in [-0.2, 0) is 0 Å². The van der Waals surface area contributed by atoms with E-state index in [4.69, 9.17) is 10.5 Å². The number of hydrogen-bond acceptors (Lipinski definition) is 3. The minimum atomic E-state index is -0.144. The number of methoxy groups -OCH3 is 1. The molecule has 0 aromatic heterocycles. The predicted octanol–water partition coefficient (Wildman–Crippen LogP) is 2.59. The SMILES string of the molecule is COc1cccc(N)c1C(=O)NC1CCCC1(C)C. The molecule has 0 bridgehead atoms. The van der Waals surface area contributed by atoms with Crippen molar-refractivity contribution in [1.29, 1.82) is 0 Å². The average Bonchev–Trinajstić information content (AvgIpc) is 2.68. The fourth-order valence-electron chi connectivity index (χ4n) is 2.79. The number of hydrogen-bond donors (Lipinski definition) is 2. The molecule has 1 unspecified atom stereocenters. The first-order valence-electron chi connectivity index (χ1n) is 6.69. The number of nitrogens with two attached hydrogens (primary N) is 1. The Hall–Kier alpha value is -1.71. The number of ether oxygens (including phenoxy) is 1. The number of carbonyl (C=O) groups is 1. The van der Waals surface area contributed by atoms with E-state index in [1.807, 2.05) is 0 Å². The number of carbonyl (C=O) groups excluding carboxylic acids is 1. The Morgan fingerprint density at radius 1 is 1.47 bits per heavy atom. The molecule has 1 amide bonds. The molecular formula is C15H22N2O2. The summed E-state index contributed by atoms with van der Waals surface area (Å²) < 4.78 is 5.22. The van der Waals surface area contributed by atoms with Gasteiger partial charge in [-0.1, -0.05) is 26.3 Å². The van der Waals surface area contributed by atoms with Crippen LogP contribution in [0.4, 0.5) is 5.69 Å². The van der Waals surface area contributed by atoms with E-state index in [9.17, 15) is 4.79 Å². The molecule has 19 heavy (non-hydrogen) atoms. The lowest BCUT2D eigenvalue weighted by atomic mass is 9.87. The van der Waals surface area contributed by atoms with E-state index < -0.39 is 0 Å². The lowest BCUT2D eigenvalue weighted by Gasteiger charge is -2.28. The standard InChI is InChI=1S/C15H22N2O2/c1-15(2)9-5-8-12(15)17-14(18)13-10(16)6-4-7-11(13)19-3/h4,6-7,12H,5,8-9,16H2,1-3H3,(H,17,18). The van der Waals surface area contributed by atoms with E-state index in [1.165, 1.54) is 0 Å². The molecule has 0 radical (unpaired) electrons. The fraction of sp³-hybridized carbons (Fsp3) is 0.533. The Morgan fingerprint density at radius 3 is 2.79 bits per heavy atom. The summed E-state index contributed by atoms with van der Waals surface area (Å²) in [4.78, 5) is 12.4. The minimum Gasteiger partial charge on any atom is -0.496 e. The van der Waals surface area contributed by atoms with Crippen molar-refractivity contribution in [3.05, 3.63) is 23.8 Å². The lowest BCUT2D eigenvalue weighted by molar-refractivity contribution is 0.0908. The Balaban J connectivity index is 2.21. The monoisotopic (exact) mass is 262 g/mol. The van der Waals surface area contributed by atoms with E-state index in [-0.39, 0.29) is 17.4 Å². The fourth-order valence-corrected chi connectivity index (χ4v) is 2.79. The summed E-state index contributed by atoms with van der Waals surface area (Å²) in [6.45, 7) is 4.38. The smallest absolute Gasteiger partial charge is 0.257 e. The first-order valence-corrected chi connectivity index (χ1v) is 6.69. The number of rotatable bonds is 3. The second-order valence-electron chi connectivity index (χ2n) is 5.83. The van der Waals surface area contributed by atoms with Crippen molar-refractivity contribution < 1.29 is 9.53 Å². The van der Waals surface area contributed by atoms with E-state index in [0.29, 0.717) is 17.0 Å². The highest BCUT2D eigenvalue weighted by Crippen LogP contribution is 2.37. The third-order valence-corrected chi connectivity index (χ3v) is 4.07. The lowest BCUT2D eigenvalue weighted by Crippen LogP contribution is -2.41. The van der Waals surface area contributed by atoms with Gasteiger partial charge < -0.3 is 15.8 Å². The molecule has 3 N–H and O–H groups in total. The highest BCUT2D eigenvalue weighted by Gasteiger charge is 2.36. The van der Waals surface area contributed by atoms with E-state index in [2.05, 4.69) is 19.2 Å². The van der Waals surface area contributed by atoms with Crippen molar-refractivity contribution >= 4 is 11.6 Å². The second-order valence-corrected chi connectivity index (χ2v) is 5.83. The highest BCUT2D eigenvalue weighted by molar-refractivity contribution is 6.02. The van der Waals surface area contributed by atoms with Gasteiger partial charge in [-0.2, -0.15) is 0 Å². The van der Waals surface area contributed by atoms with E-state index in [0.717, 1.165) is 19.3 Å². The summed E-state index contributed by atoms with van der Waals surface area (Å²) in [5, 5.41) is 3.10. The van der Waals surface area contributed by atoms with Gasteiger partial charge in [0.05, 0.1) is 7.11 Å². The van der Waals surface area contributed by atoms with Gasteiger partial charge in [-0.05, 0) is 30.4 Å². The largest absolute Gasteiger partial charge is 0.496 e. The Labute approximate surface area is 114 Å². The molecule has 1 aromatic rings. The molecule has 1 fully saturated rings. The molecule has 4 heteroatoms. The zero-order chi connectivity index (χ0) is 14.0. The number of nitrogens with one attached hydrogen (secondary N) is 1. The topological polar surface area (TPSA) is 64.3 Å². The summed E-state index contributed by atoms with van der Waals surface area (Å²) >= 11 is 0. The number of nitrogen functional groups attached to an aromatic ring is 1. The zero-order valence-electron chi connectivity index (χ0n) is 11.8. The highest BCUT2D eigenvalue weighted by atomic mass is 16.5. The van der Waals surface area contributed by atoms with Crippen LogP contribution in [0.5, 0.6) is 5.75 Å². The molecule has 4 nitrogen and oxygen atoms in total. The van der Waals surface area contributed by atoms with Gasteiger partial charge in [-0.15, -0.1) is 0 Å². The van der Waals surface area contributed by atoms with Crippen LogP contribution in [0, 0.1) is 5.41 Å². The maximum atomic E-state index is 12.4. The second kappa shape index (κ2) is 5.11. The van der Waals surface area contributed by atoms with E-state index >= 15 is 0 Å². The molecule has 0 heterocycles. The van der Waals surface area contributed by atoms with Crippen LogP contribution in [0.15, 0.2) is 18.2 Å². The normalized spacial score (nSPS) is 21.1. The Kier molecular flexibility index (Phi) is 3.69. The molecule has 0 aliphatic heterocycles. The molecular weight excluding hydrogens is 240 g/mol. The third kappa shape index (κ3) is 2.67. The van der Waals surface area contributed by atoms with Crippen LogP contribution < -0.4 is 15.8 Å². The molecule has 2 rings (SSSR count). The van der Waals surface area contributed by atoms with Gasteiger partial charge in [0, 0.05) is 11.7 Å². The Morgan fingerprint density at radius 2 is 2.21 bits per heavy atom. The quantitative estimate of drug-likeness (QED) is 0.823. The molecule has 1 saturated carbocycles. The van der Waals surface area contributed by atoms with Gasteiger partial charge in [0.15, 0.2) is 0 Å². The summed E-state index contributed by atoms with van der Waals surface area (Å²) in [5.41, 5.74) is 6.93. The van der Waals surface area contributed by atoms with Crippen LogP contribution in [0.2, 0.25) is 0 Å². The number of benzene rings is 1. The summed E-state index contributed by atoms with van der Waals surface area (Å²) in [6, 6.07) is 5.46. The predicted molar refractivity (Wildman–Crippen MR) is 76.3 cm³/mol. The van der Waals surface area contributed by atoms with Crippen molar-refractivity contribution in [3.8, 4) is 5.75 Å². The van der Waals surface area contributed by atoms with Crippen LogP contribution in [0.25, 0.3) is 0 Å². The van der Waals surface area contributed by atoms with Crippen molar-refractivity contribution in [2.75, 3.05) is 12.8 Å². The molecule has 1 aliphatic carbocycles. The molecule has 1 aliphatic rings. The zero-order valence-corrected chi connectivity index (χ0v) is 11.8. The van der Waals surface area contributed by atoms with E-state index in [1.54, 1.807) is 25.3 Å². The molecule has 104 valence electrons. The average molecular weight is 262 g/mol. The first kappa shape index (κ1) is 13.7. The number of anilines is 1. The molecule has 0 saturated heterocycles. The maximum absolute atomic E-state index is 12.4. The molecule has 1 aromatic carbocycles. The van der Waals surface area contributed by atoms with Crippen LogP contribution >= 0.6 is 0 Å². The van der Waals surface area contributed by atoms with Crippen molar-refractivity contribution in [2.45, 2.75) is 39.2 Å². The minimum absolute atomic E-state index is 0.144. The third-order valence-electron chi connectivity index (χ3n) is 4.07. The van der Waals surface area contributed by atoms with Crippen LogP contribution in [0.1, 0.15) is 43.5 Å². The van der Waals surface area contributed by atoms with Crippen molar-refractivity contribution in [1.82, 2.24) is 5.32 Å². The van der Waals surface area contributed by atoms with Gasteiger partial charge in [0.2, 0.25) is 0 Å². The molecule has 1 atom stereocenters. The number of amides is 1. The van der Waals surface area contributed by atoms with Crippen LogP contribution in [0.3, 0.4) is 0 Å². The summed E-state index contributed by atoms with van der Waals surface area (Å²) in [5.74, 6) is 0.378. The summed E-state index contributed by atoms with van der Waals surface area (Å²) in [6.07, 6.45) is 3.31. The first-order chi connectivity index (χ1) is 8.95. The van der Waals surface area contributed by atoms with Crippen LogP contribution in [-0.4, -0.2) is 19.1 Å².